The van der Waals surface area contributed by atoms with E-state index in [-0.39, 0.29) is 5.78 Å². The Morgan fingerprint density at radius 1 is 1.12 bits per heavy atom. The van der Waals surface area contributed by atoms with Gasteiger partial charge in [-0.25, -0.2) is 0 Å². The summed E-state index contributed by atoms with van der Waals surface area (Å²) in [5.41, 5.74) is 1.34. The Balaban J connectivity index is 1.72. The number of ether oxygens (including phenoxy) is 1. The number of halogens is 1. The number of Topliss-reactive ketones (excluding diaryl/α,β-unsaturated/α-hetero) is 1. The van der Waals surface area contributed by atoms with Gasteiger partial charge in [0.15, 0.2) is 5.78 Å². The first-order valence-electron chi connectivity index (χ1n) is 9.05. The van der Waals surface area contributed by atoms with Gasteiger partial charge in [-0.1, -0.05) is 15.9 Å². The van der Waals surface area contributed by atoms with E-state index < -0.39 is 5.54 Å². The van der Waals surface area contributed by atoms with Crippen LogP contribution >= 0.6 is 15.9 Å². The number of carbonyl (C=O) groups is 1. The molecule has 4 nitrogen and oxygen atoms in total. The number of aryl methyl sites for hydroxylation is 1. The fraction of sp³-hybridized carbons (Fsp3) is 0.632. The van der Waals surface area contributed by atoms with Crippen LogP contribution in [0, 0.1) is 6.92 Å². The van der Waals surface area contributed by atoms with Crippen LogP contribution in [-0.2, 0) is 0 Å². The average Bonchev–Trinajstić information content (AvgIpc) is 3.26. The highest BCUT2D eigenvalue weighted by Crippen LogP contribution is 2.38. The summed E-state index contributed by atoms with van der Waals surface area (Å²) < 4.78 is 7.14. The van der Waals surface area contributed by atoms with Crippen LogP contribution in [0.1, 0.15) is 41.6 Å². The number of carbonyl (C=O) groups excluding carboxylic acids is 1. The van der Waals surface area contributed by atoms with Crippen molar-refractivity contribution in [3.05, 3.63) is 27.7 Å². The summed E-state index contributed by atoms with van der Waals surface area (Å²) >= 11 is 3.58. The summed E-state index contributed by atoms with van der Waals surface area (Å²) in [6.45, 7) is 7.54. The molecule has 1 aromatic rings. The van der Waals surface area contributed by atoms with E-state index in [9.17, 15) is 4.79 Å². The highest BCUT2D eigenvalue weighted by atomic mass is 79.9. The first kappa shape index (κ1) is 16.6. The van der Waals surface area contributed by atoms with Crippen molar-refractivity contribution >= 4 is 21.7 Å². The summed E-state index contributed by atoms with van der Waals surface area (Å²) in [7, 11) is 0. The first-order valence-corrected chi connectivity index (χ1v) is 9.85. The Hall–Kier alpha value is -0.910. The van der Waals surface area contributed by atoms with Crippen LogP contribution < -0.4 is 4.74 Å². The van der Waals surface area contributed by atoms with Crippen molar-refractivity contribution in [2.75, 3.05) is 39.3 Å². The van der Waals surface area contributed by atoms with Crippen molar-refractivity contribution in [1.29, 1.82) is 0 Å². The highest BCUT2D eigenvalue weighted by Gasteiger charge is 2.50. The van der Waals surface area contributed by atoms with E-state index in [1.54, 1.807) is 0 Å². The van der Waals surface area contributed by atoms with Gasteiger partial charge in [0.2, 0.25) is 0 Å². The topological polar surface area (TPSA) is 32.8 Å². The lowest BCUT2D eigenvalue weighted by Crippen LogP contribution is -2.64. The van der Waals surface area contributed by atoms with Gasteiger partial charge >= 0.3 is 0 Å². The summed E-state index contributed by atoms with van der Waals surface area (Å²) in [4.78, 5) is 18.5. The average molecular weight is 393 g/mol. The lowest BCUT2D eigenvalue weighted by Gasteiger charge is -2.45. The fourth-order valence-corrected chi connectivity index (χ4v) is 4.72. The molecule has 1 unspecified atom stereocenters. The second-order valence-electron chi connectivity index (χ2n) is 7.42. The van der Waals surface area contributed by atoms with E-state index in [1.165, 1.54) is 25.7 Å². The molecule has 1 aromatic carbocycles. The van der Waals surface area contributed by atoms with Gasteiger partial charge in [0.05, 0.1) is 5.56 Å². The molecule has 2 fully saturated rings. The normalized spacial score (nSPS) is 28.2. The number of benzene rings is 1. The van der Waals surface area contributed by atoms with Gasteiger partial charge in [-0.3, -0.25) is 9.69 Å². The number of likely N-dealkylation sites (tertiary alicyclic amines) is 2. The maximum absolute atomic E-state index is 13.6. The van der Waals surface area contributed by atoms with E-state index >= 15 is 0 Å². The molecule has 0 bridgehead atoms. The molecule has 5 heteroatoms. The SMILES string of the molecule is Cc1cc2c(cc1Br)C(=O)C(CN1CCCC1)(N1CCCC1)CO2. The predicted molar refractivity (Wildman–Crippen MR) is 97.9 cm³/mol. The van der Waals surface area contributed by atoms with Crippen LogP contribution in [0.15, 0.2) is 16.6 Å². The summed E-state index contributed by atoms with van der Waals surface area (Å²) in [5, 5.41) is 0. The number of nitrogens with zero attached hydrogens (tertiary/aromatic N) is 2. The third kappa shape index (κ3) is 2.71. The number of rotatable bonds is 3. The van der Waals surface area contributed by atoms with Crippen molar-refractivity contribution in [3.8, 4) is 5.75 Å². The molecule has 130 valence electrons. The Kier molecular flexibility index (Phi) is 4.43. The summed E-state index contributed by atoms with van der Waals surface area (Å²) in [6.07, 6.45) is 4.85. The Morgan fingerprint density at radius 2 is 1.79 bits per heavy atom. The molecule has 3 aliphatic rings. The van der Waals surface area contributed by atoms with Crippen LogP contribution in [0.5, 0.6) is 5.75 Å². The monoisotopic (exact) mass is 392 g/mol. The van der Waals surface area contributed by atoms with E-state index in [4.69, 9.17) is 4.74 Å². The molecule has 3 heterocycles. The van der Waals surface area contributed by atoms with Crippen LogP contribution in [-0.4, -0.2) is 60.5 Å². The molecule has 0 radical (unpaired) electrons. The minimum absolute atomic E-state index is 0.248. The van der Waals surface area contributed by atoms with Crippen molar-refractivity contribution in [1.82, 2.24) is 9.80 Å². The van der Waals surface area contributed by atoms with Gasteiger partial charge in [0.1, 0.15) is 17.9 Å². The van der Waals surface area contributed by atoms with E-state index in [1.807, 2.05) is 19.1 Å². The lowest BCUT2D eigenvalue weighted by atomic mass is 9.84. The van der Waals surface area contributed by atoms with Gasteiger partial charge in [-0.15, -0.1) is 0 Å². The standard InChI is InChI=1S/C19H25BrN2O2/c1-14-10-17-15(11-16(14)20)18(23)19(13-24-17,22-8-4-5-9-22)12-21-6-2-3-7-21/h10-11H,2-9,12-13H2,1H3. The molecule has 3 aliphatic heterocycles. The molecule has 4 rings (SSSR count). The first-order chi connectivity index (χ1) is 11.6. The van der Waals surface area contributed by atoms with E-state index in [2.05, 4.69) is 25.7 Å². The Labute approximate surface area is 152 Å². The zero-order valence-electron chi connectivity index (χ0n) is 14.3. The maximum Gasteiger partial charge on any atom is 0.191 e. The quantitative estimate of drug-likeness (QED) is 0.789. The Bertz CT molecular complexity index is 651. The number of hydrogen-bond acceptors (Lipinski definition) is 4. The smallest absolute Gasteiger partial charge is 0.191 e. The van der Waals surface area contributed by atoms with Crippen LogP contribution in [0.3, 0.4) is 0 Å². The second kappa shape index (κ2) is 6.43. The highest BCUT2D eigenvalue weighted by molar-refractivity contribution is 9.10. The molecule has 0 aliphatic carbocycles. The minimum atomic E-state index is -0.511. The minimum Gasteiger partial charge on any atom is -0.490 e. The van der Waals surface area contributed by atoms with Gasteiger partial charge in [0, 0.05) is 11.0 Å². The molecular formula is C19H25BrN2O2. The van der Waals surface area contributed by atoms with Crippen molar-refractivity contribution in [2.24, 2.45) is 0 Å². The molecule has 24 heavy (non-hydrogen) atoms. The van der Waals surface area contributed by atoms with Crippen LogP contribution in [0.2, 0.25) is 0 Å². The van der Waals surface area contributed by atoms with E-state index in [0.29, 0.717) is 6.61 Å². The molecule has 2 saturated heterocycles. The molecule has 1 atom stereocenters. The van der Waals surface area contributed by atoms with Crippen LogP contribution in [0.4, 0.5) is 0 Å². The molecular weight excluding hydrogens is 368 g/mol. The second-order valence-corrected chi connectivity index (χ2v) is 8.28. The molecule has 0 aromatic heterocycles. The lowest BCUT2D eigenvalue weighted by molar-refractivity contribution is 0.0199. The predicted octanol–water partition coefficient (Wildman–Crippen LogP) is 3.26. The summed E-state index contributed by atoms with van der Waals surface area (Å²) in [5.74, 6) is 0.996. The van der Waals surface area contributed by atoms with Gasteiger partial charge in [0.25, 0.3) is 0 Å². The molecule has 0 amide bonds. The van der Waals surface area contributed by atoms with Gasteiger partial charge in [-0.2, -0.15) is 0 Å². The van der Waals surface area contributed by atoms with Crippen molar-refractivity contribution in [3.63, 3.8) is 0 Å². The number of ketones is 1. The largest absolute Gasteiger partial charge is 0.490 e. The molecule has 0 saturated carbocycles. The number of fused-ring (bicyclic) bond motifs is 1. The zero-order chi connectivity index (χ0) is 16.7. The van der Waals surface area contributed by atoms with Crippen molar-refractivity contribution in [2.45, 2.75) is 38.1 Å². The molecule has 0 N–H and O–H groups in total. The van der Waals surface area contributed by atoms with Crippen molar-refractivity contribution < 1.29 is 9.53 Å². The van der Waals surface area contributed by atoms with Gasteiger partial charge in [-0.05, 0) is 76.5 Å². The third-order valence-corrected chi connectivity index (χ3v) is 6.64. The third-order valence-electron chi connectivity index (χ3n) is 5.79. The van der Waals surface area contributed by atoms with Gasteiger partial charge < -0.3 is 9.64 Å². The fourth-order valence-electron chi connectivity index (χ4n) is 4.37. The molecule has 0 spiro atoms. The number of hydrogen-bond donors (Lipinski definition) is 0. The van der Waals surface area contributed by atoms with Crippen LogP contribution in [0.25, 0.3) is 0 Å². The van der Waals surface area contributed by atoms with E-state index in [0.717, 1.165) is 54.1 Å². The summed E-state index contributed by atoms with van der Waals surface area (Å²) in [6, 6.07) is 3.95. The Morgan fingerprint density at radius 3 is 2.50 bits per heavy atom. The maximum atomic E-state index is 13.6. The zero-order valence-corrected chi connectivity index (χ0v) is 15.9.